The van der Waals surface area contributed by atoms with Crippen LogP contribution in [0.1, 0.15) is 26.3 Å². The molecule has 7 heteroatoms. The first kappa shape index (κ1) is 18.4. The maximum atomic E-state index is 12.2. The summed E-state index contributed by atoms with van der Waals surface area (Å²) in [6.07, 6.45) is -0.414. The lowest BCUT2D eigenvalue weighted by Crippen LogP contribution is -2.49. The molecule has 2 rings (SSSR count). The van der Waals surface area contributed by atoms with Crippen molar-refractivity contribution in [2.24, 2.45) is 5.73 Å². The molecule has 5 N–H and O–H groups in total. The fourth-order valence-corrected chi connectivity index (χ4v) is 2.46. The Balaban J connectivity index is 1.88. The monoisotopic (exact) mass is 336 g/mol. The Bertz CT molecular complexity index is 571. The molecule has 1 aliphatic heterocycles. The van der Waals surface area contributed by atoms with E-state index in [9.17, 15) is 4.79 Å². The lowest BCUT2D eigenvalue weighted by molar-refractivity contribution is -0.0371. The highest BCUT2D eigenvalue weighted by Gasteiger charge is 2.28. The van der Waals surface area contributed by atoms with Gasteiger partial charge in [-0.1, -0.05) is 6.07 Å². The quantitative estimate of drug-likeness (QED) is 0.724. The number of nitrogens with one attached hydrogen (secondary N) is 1. The average molecular weight is 336 g/mol. The third-order valence-corrected chi connectivity index (χ3v) is 3.66. The Hall–Kier alpha value is -1.99. The van der Waals surface area contributed by atoms with Gasteiger partial charge in [0.15, 0.2) is 0 Å². The van der Waals surface area contributed by atoms with E-state index >= 15 is 0 Å². The molecule has 0 radical (unpaired) electrons. The summed E-state index contributed by atoms with van der Waals surface area (Å²) < 4.78 is 11.1. The molecule has 0 bridgehead atoms. The number of hydrogen-bond acceptors (Lipinski definition) is 6. The fourth-order valence-electron chi connectivity index (χ4n) is 2.46. The van der Waals surface area contributed by atoms with Crippen LogP contribution in [0.15, 0.2) is 18.2 Å². The molecule has 1 heterocycles. The van der Waals surface area contributed by atoms with E-state index in [1.54, 1.807) is 4.90 Å². The van der Waals surface area contributed by atoms with E-state index in [2.05, 4.69) is 5.32 Å². The van der Waals surface area contributed by atoms with Crippen LogP contribution in [0.25, 0.3) is 0 Å². The van der Waals surface area contributed by atoms with Crippen molar-refractivity contribution in [1.29, 1.82) is 0 Å². The number of nitrogens with zero attached hydrogens (tertiary/aromatic N) is 1. The number of nitrogen functional groups attached to an aromatic ring is 1. The zero-order valence-electron chi connectivity index (χ0n) is 14.7. The summed E-state index contributed by atoms with van der Waals surface area (Å²) in [5.74, 6) is 0. The van der Waals surface area contributed by atoms with Crippen molar-refractivity contribution in [2.45, 2.75) is 39.0 Å². The van der Waals surface area contributed by atoms with E-state index in [4.69, 9.17) is 20.9 Å². The Morgan fingerprint density at radius 3 is 2.83 bits per heavy atom. The predicted octanol–water partition coefficient (Wildman–Crippen LogP) is 1.78. The molecular weight excluding hydrogens is 308 g/mol. The molecule has 0 saturated carbocycles. The van der Waals surface area contributed by atoms with Crippen molar-refractivity contribution < 1.29 is 14.3 Å². The van der Waals surface area contributed by atoms with Crippen LogP contribution in [0.3, 0.4) is 0 Å². The smallest absolute Gasteiger partial charge is 0.410 e. The number of hydrogen-bond donors (Lipinski definition) is 3. The van der Waals surface area contributed by atoms with Gasteiger partial charge in [0, 0.05) is 19.6 Å². The molecule has 0 spiro atoms. The van der Waals surface area contributed by atoms with E-state index < -0.39 is 5.60 Å². The molecule has 24 heavy (non-hydrogen) atoms. The second kappa shape index (κ2) is 7.72. The van der Waals surface area contributed by atoms with Crippen LogP contribution >= 0.6 is 0 Å². The van der Waals surface area contributed by atoms with Crippen LogP contribution in [0.5, 0.6) is 0 Å². The maximum Gasteiger partial charge on any atom is 0.410 e. The summed E-state index contributed by atoms with van der Waals surface area (Å²) in [5.41, 5.74) is 13.6. The normalized spacial score (nSPS) is 18.3. The minimum atomic E-state index is -0.498. The number of rotatable bonds is 4. The van der Waals surface area contributed by atoms with Crippen molar-refractivity contribution in [3.05, 3.63) is 23.8 Å². The molecule has 0 unspecified atom stereocenters. The molecule has 1 amide bonds. The SMILES string of the molecule is CC(C)(C)OC(=O)N1CCO[C@H](CNc2ccc(CN)cc2N)C1. The summed E-state index contributed by atoms with van der Waals surface area (Å²) in [4.78, 5) is 13.8. The summed E-state index contributed by atoms with van der Waals surface area (Å²) in [6, 6.07) is 5.70. The van der Waals surface area contributed by atoms with Crippen molar-refractivity contribution in [3.63, 3.8) is 0 Å². The molecule has 1 aromatic carbocycles. The Morgan fingerprint density at radius 1 is 1.46 bits per heavy atom. The van der Waals surface area contributed by atoms with Crippen molar-refractivity contribution in [3.8, 4) is 0 Å². The number of amides is 1. The minimum absolute atomic E-state index is 0.111. The average Bonchev–Trinajstić information content (AvgIpc) is 2.52. The summed E-state index contributed by atoms with van der Waals surface area (Å²) in [6.45, 7) is 8.12. The van der Waals surface area contributed by atoms with E-state index in [1.807, 2.05) is 39.0 Å². The third-order valence-electron chi connectivity index (χ3n) is 3.66. The van der Waals surface area contributed by atoms with Gasteiger partial charge in [-0.25, -0.2) is 4.79 Å². The molecule has 0 aliphatic carbocycles. The third kappa shape index (κ3) is 5.28. The fraction of sp³-hybridized carbons (Fsp3) is 0.588. The summed E-state index contributed by atoms with van der Waals surface area (Å²) in [7, 11) is 0. The van der Waals surface area contributed by atoms with Gasteiger partial charge in [-0.15, -0.1) is 0 Å². The lowest BCUT2D eigenvalue weighted by atomic mass is 10.1. The van der Waals surface area contributed by atoms with Crippen molar-refractivity contribution in [2.75, 3.05) is 37.3 Å². The number of anilines is 2. The number of carbonyl (C=O) groups excluding carboxylic acids is 1. The first-order valence-electron chi connectivity index (χ1n) is 8.20. The predicted molar refractivity (Wildman–Crippen MR) is 94.8 cm³/mol. The zero-order chi connectivity index (χ0) is 17.7. The lowest BCUT2D eigenvalue weighted by Gasteiger charge is -2.34. The van der Waals surface area contributed by atoms with Crippen molar-refractivity contribution in [1.82, 2.24) is 4.90 Å². The number of morpholine rings is 1. The van der Waals surface area contributed by atoms with Crippen LogP contribution in [-0.4, -0.2) is 48.9 Å². The van der Waals surface area contributed by atoms with Crippen LogP contribution in [0.2, 0.25) is 0 Å². The summed E-state index contributed by atoms with van der Waals surface area (Å²) >= 11 is 0. The molecular formula is C17H28N4O3. The largest absolute Gasteiger partial charge is 0.444 e. The Labute approximate surface area is 143 Å². The van der Waals surface area contributed by atoms with Gasteiger partial charge in [-0.05, 0) is 38.5 Å². The number of carbonyl (C=O) groups is 1. The van der Waals surface area contributed by atoms with Crippen LogP contribution in [0, 0.1) is 0 Å². The van der Waals surface area contributed by atoms with Gasteiger partial charge in [0.25, 0.3) is 0 Å². The maximum absolute atomic E-state index is 12.2. The molecule has 134 valence electrons. The van der Waals surface area contributed by atoms with Crippen LogP contribution < -0.4 is 16.8 Å². The highest BCUT2D eigenvalue weighted by atomic mass is 16.6. The van der Waals surface area contributed by atoms with Gasteiger partial charge in [0.2, 0.25) is 0 Å². The van der Waals surface area contributed by atoms with Gasteiger partial charge in [0.05, 0.1) is 30.6 Å². The molecule has 1 aromatic rings. The number of ether oxygens (including phenoxy) is 2. The van der Waals surface area contributed by atoms with E-state index in [0.29, 0.717) is 38.5 Å². The van der Waals surface area contributed by atoms with Gasteiger partial charge in [-0.3, -0.25) is 0 Å². The second-order valence-electron chi connectivity index (χ2n) is 6.93. The number of benzene rings is 1. The van der Waals surface area contributed by atoms with E-state index in [0.717, 1.165) is 11.3 Å². The minimum Gasteiger partial charge on any atom is -0.444 e. The molecule has 1 fully saturated rings. The molecule has 7 nitrogen and oxygen atoms in total. The van der Waals surface area contributed by atoms with Crippen LogP contribution in [0.4, 0.5) is 16.2 Å². The van der Waals surface area contributed by atoms with Gasteiger partial charge < -0.3 is 31.2 Å². The van der Waals surface area contributed by atoms with Crippen molar-refractivity contribution >= 4 is 17.5 Å². The standard InChI is InChI=1S/C17H28N4O3/c1-17(2,3)24-16(22)21-6-7-23-13(11-21)10-20-15-5-4-12(9-18)8-14(15)19/h4-5,8,13,20H,6-7,9-11,18-19H2,1-3H3/t13-/m1/s1. The molecule has 1 saturated heterocycles. The Kier molecular flexibility index (Phi) is 5.90. The second-order valence-corrected chi connectivity index (χ2v) is 6.93. The highest BCUT2D eigenvalue weighted by molar-refractivity contribution is 5.68. The first-order valence-corrected chi connectivity index (χ1v) is 8.20. The topological polar surface area (TPSA) is 103 Å². The highest BCUT2D eigenvalue weighted by Crippen LogP contribution is 2.20. The molecule has 1 atom stereocenters. The van der Waals surface area contributed by atoms with Gasteiger partial charge in [0.1, 0.15) is 5.60 Å². The first-order chi connectivity index (χ1) is 11.3. The Morgan fingerprint density at radius 2 is 2.21 bits per heavy atom. The van der Waals surface area contributed by atoms with Crippen LogP contribution in [-0.2, 0) is 16.0 Å². The number of nitrogens with two attached hydrogens (primary N) is 2. The van der Waals surface area contributed by atoms with Gasteiger partial charge in [-0.2, -0.15) is 0 Å². The molecule has 1 aliphatic rings. The zero-order valence-corrected chi connectivity index (χ0v) is 14.7. The van der Waals surface area contributed by atoms with E-state index in [1.165, 1.54) is 0 Å². The van der Waals surface area contributed by atoms with E-state index in [-0.39, 0.29) is 12.2 Å². The molecule has 0 aromatic heterocycles. The summed E-state index contributed by atoms with van der Waals surface area (Å²) in [5, 5.41) is 3.27. The van der Waals surface area contributed by atoms with Gasteiger partial charge >= 0.3 is 6.09 Å².